The summed E-state index contributed by atoms with van der Waals surface area (Å²) in [5.41, 5.74) is 9.13. The quantitative estimate of drug-likeness (QED) is 0.881. The number of nitrogens with zero attached hydrogens (tertiary/aromatic N) is 3. The highest BCUT2D eigenvalue weighted by molar-refractivity contribution is 5.80. The number of rotatable bonds is 3. The summed E-state index contributed by atoms with van der Waals surface area (Å²) in [5, 5.41) is 0. The van der Waals surface area contributed by atoms with E-state index in [0.717, 1.165) is 17.2 Å². The van der Waals surface area contributed by atoms with E-state index in [0.29, 0.717) is 12.0 Å². The van der Waals surface area contributed by atoms with E-state index in [9.17, 15) is 0 Å². The van der Waals surface area contributed by atoms with Gasteiger partial charge in [-0.25, -0.2) is 4.98 Å². The van der Waals surface area contributed by atoms with Gasteiger partial charge in [-0.05, 0) is 50.3 Å². The fourth-order valence-corrected chi connectivity index (χ4v) is 3.90. The minimum Gasteiger partial charge on any atom is -0.399 e. The molecule has 1 aromatic carbocycles. The Kier molecular flexibility index (Phi) is 2.42. The first-order chi connectivity index (χ1) is 10.3. The van der Waals surface area contributed by atoms with Crippen molar-refractivity contribution in [2.75, 3.05) is 18.8 Å². The number of fused-ring (bicyclic) bond motifs is 1. The number of imidazole rings is 1. The molecule has 4 heteroatoms. The van der Waals surface area contributed by atoms with Crippen LogP contribution in [0, 0.1) is 0 Å². The number of nitrogens with two attached hydrogens (primary N) is 1. The van der Waals surface area contributed by atoms with Gasteiger partial charge in [0.2, 0.25) is 0 Å². The highest BCUT2D eigenvalue weighted by Gasteiger charge is 2.38. The van der Waals surface area contributed by atoms with Gasteiger partial charge in [-0.1, -0.05) is 0 Å². The lowest BCUT2D eigenvalue weighted by Gasteiger charge is -2.18. The van der Waals surface area contributed by atoms with Crippen LogP contribution in [0.2, 0.25) is 0 Å². The molecule has 2 aliphatic carbocycles. The third kappa shape index (κ3) is 1.96. The third-order valence-corrected chi connectivity index (χ3v) is 5.31. The minimum atomic E-state index is 0.606. The Morgan fingerprint density at radius 1 is 1.05 bits per heavy atom. The summed E-state index contributed by atoms with van der Waals surface area (Å²) in [6.07, 6.45) is 6.69. The summed E-state index contributed by atoms with van der Waals surface area (Å²) in [5.74, 6) is 2.01. The average molecular weight is 282 g/mol. The first-order valence-corrected chi connectivity index (χ1v) is 8.31. The first-order valence-electron chi connectivity index (χ1n) is 8.31. The van der Waals surface area contributed by atoms with Crippen molar-refractivity contribution in [3.05, 3.63) is 24.0 Å². The summed E-state index contributed by atoms with van der Waals surface area (Å²) in [4.78, 5) is 7.62. The molecular weight excluding hydrogens is 260 g/mol. The molecule has 0 bridgehead atoms. The van der Waals surface area contributed by atoms with Gasteiger partial charge in [0.15, 0.2) is 0 Å². The molecule has 1 saturated heterocycles. The van der Waals surface area contributed by atoms with Crippen LogP contribution in [0.15, 0.2) is 18.2 Å². The third-order valence-electron chi connectivity index (χ3n) is 5.31. The van der Waals surface area contributed by atoms with E-state index in [-0.39, 0.29) is 0 Å². The zero-order chi connectivity index (χ0) is 14.0. The maximum atomic E-state index is 5.94. The van der Waals surface area contributed by atoms with Gasteiger partial charge in [0.05, 0.1) is 11.0 Å². The Hall–Kier alpha value is -1.55. The van der Waals surface area contributed by atoms with Crippen molar-refractivity contribution in [3.63, 3.8) is 0 Å². The van der Waals surface area contributed by atoms with Gasteiger partial charge in [-0.15, -0.1) is 0 Å². The molecule has 5 rings (SSSR count). The Bertz CT molecular complexity index is 696. The number of anilines is 1. The average Bonchev–Trinajstić information content (AvgIpc) is 3.40. The maximum absolute atomic E-state index is 5.94. The second-order valence-electron chi connectivity index (χ2n) is 7.03. The zero-order valence-electron chi connectivity index (χ0n) is 12.3. The van der Waals surface area contributed by atoms with E-state index in [1.165, 1.54) is 56.5 Å². The minimum absolute atomic E-state index is 0.606. The molecule has 3 aliphatic rings. The Balaban J connectivity index is 1.58. The molecule has 2 saturated carbocycles. The molecule has 2 aromatic rings. The smallest absolute Gasteiger partial charge is 0.113 e. The van der Waals surface area contributed by atoms with Crippen LogP contribution in [0.1, 0.15) is 49.9 Å². The molecular formula is C17H22N4. The van der Waals surface area contributed by atoms with E-state index >= 15 is 0 Å². The highest BCUT2D eigenvalue weighted by atomic mass is 15.3. The Morgan fingerprint density at radius 3 is 2.67 bits per heavy atom. The molecule has 1 aliphatic heterocycles. The Labute approximate surface area is 124 Å². The predicted octanol–water partition coefficient (Wildman–Crippen LogP) is 2.91. The molecule has 3 fully saturated rings. The van der Waals surface area contributed by atoms with E-state index in [1.54, 1.807) is 0 Å². The lowest BCUT2D eigenvalue weighted by atomic mass is 10.2. The second-order valence-corrected chi connectivity index (χ2v) is 7.03. The van der Waals surface area contributed by atoms with E-state index in [4.69, 9.17) is 10.7 Å². The molecule has 110 valence electrons. The van der Waals surface area contributed by atoms with Crippen LogP contribution in [-0.4, -0.2) is 33.6 Å². The molecule has 1 unspecified atom stereocenters. The largest absolute Gasteiger partial charge is 0.399 e. The van der Waals surface area contributed by atoms with Gasteiger partial charge in [0.25, 0.3) is 0 Å². The molecule has 1 atom stereocenters. The van der Waals surface area contributed by atoms with Gasteiger partial charge in [-0.3, -0.25) is 4.90 Å². The van der Waals surface area contributed by atoms with Gasteiger partial charge in [-0.2, -0.15) is 0 Å². The molecule has 21 heavy (non-hydrogen) atoms. The summed E-state index contributed by atoms with van der Waals surface area (Å²) in [6, 6.07) is 7.71. The lowest BCUT2D eigenvalue weighted by molar-refractivity contribution is 0.313. The van der Waals surface area contributed by atoms with Gasteiger partial charge in [0.1, 0.15) is 5.82 Å². The zero-order valence-corrected chi connectivity index (χ0v) is 12.3. The highest BCUT2D eigenvalue weighted by Crippen LogP contribution is 2.43. The summed E-state index contributed by atoms with van der Waals surface area (Å²) < 4.78 is 2.55. The molecule has 1 aromatic heterocycles. The van der Waals surface area contributed by atoms with Gasteiger partial charge in [0, 0.05) is 36.8 Å². The number of benzene rings is 1. The van der Waals surface area contributed by atoms with Gasteiger partial charge < -0.3 is 10.3 Å². The van der Waals surface area contributed by atoms with E-state index in [1.807, 2.05) is 12.1 Å². The number of hydrogen-bond acceptors (Lipinski definition) is 3. The Morgan fingerprint density at radius 2 is 1.90 bits per heavy atom. The van der Waals surface area contributed by atoms with Crippen LogP contribution in [0.4, 0.5) is 5.69 Å². The van der Waals surface area contributed by atoms with Crippen molar-refractivity contribution >= 4 is 16.7 Å². The van der Waals surface area contributed by atoms with Crippen molar-refractivity contribution in [2.24, 2.45) is 0 Å². The summed E-state index contributed by atoms with van der Waals surface area (Å²) in [6.45, 7) is 2.47. The fourth-order valence-electron chi connectivity index (χ4n) is 3.90. The SMILES string of the molecule is Nc1ccc2c(c1)nc(C1CC1)n2C1CCN(C2CC2)C1. The van der Waals surface area contributed by atoms with Crippen LogP contribution in [0.5, 0.6) is 0 Å². The standard InChI is InChI=1S/C17H22N4/c18-12-3-6-16-15(9-12)19-17(11-1-2-11)21(16)14-7-8-20(10-14)13-4-5-13/h3,6,9,11,13-14H,1-2,4-5,7-8,10,18H2. The molecule has 0 amide bonds. The number of likely N-dealkylation sites (tertiary alicyclic amines) is 1. The van der Waals surface area contributed by atoms with Crippen LogP contribution in [-0.2, 0) is 0 Å². The molecule has 2 heterocycles. The monoisotopic (exact) mass is 282 g/mol. The van der Waals surface area contributed by atoms with Crippen molar-refractivity contribution < 1.29 is 0 Å². The van der Waals surface area contributed by atoms with Crippen molar-refractivity contribution in [1.82, 2.24) is 14.5 Å². The van der Waals surface area contributed by atoms with Crippen LogP contribution < -0.4 is 5.73 Å². The van der Waals surface area contributed by atoms with E-state index < -0.39 is 0 Å². The first kappa shape index (κ1) is 12.0. The van der Waals surface area contributed by atoms with Crippen molar-refractivity contribution in [1.29, 1.82) is 0 Å². The van der Waals surface area contributed by atoms with E-state index in [2.05, 4.69) is 15.5 Å². The second kappa shape index (κ2) is 4.23. The van der Waals surface area contributed by atoms with Crippen LogP contribution >= 0.6 is 0 Å². The number of aromatic nitrogens is 2. The normalized spacial score (nSPS) is 26.8. The fraction of sp³-hybridized carbons (Fsp3) is 0.588. The van der Waals surface area contributed by atoms with Gasteiger partial charge >= 0.3 is 0 Å². The molecule has 0 spiro atoms. The topological polar surface area (TPSA) is 47.1 Å². The maximum Gasteiger partial charge on any atom is 0.113 e. The molecule has 4 nitrogen and oxygen atoms in total. The molecule has 2 N–H and O–H groups in total. The number of nitrogen functional groups attached to an aromatic ring is 1. The predicted molar refractivity (Wildman–Crippen MR) is 84.4 cm³/mol. The van der Waals surface area contributed by atoms with Crippen LogP contribution in [0.25, 0.3) is 11.0 Å². The number of hydrogen-bond donors (Lipinski definition) is 1. The summed E-state index contributed by atoms with van der Waals surface area (Å²) >= 11 is 0. The lowest BCUT2D eigenvalue weighted by Crippen LogP contribution is -2.24. The molecule has 0 radical (unpaired) electrons. The van der Waals surface area contributed by atoms with Crippen LogP contribution in [0.3, 0.4) is 0 Å². The van der Waals surface area contributed by atoms with Crippen molar-refractivity contribution in [2.45, 2.75) is 50.1 Å². The summed E-state index contributed by atoms with van der Waals surface area (Å²) in [7, 11) is 0. The van der Waals surface area contributed by atoms with Crippen molar-refractivity contribution in [3.8, 4) is 0 Å².